The number of rotatable bonds is 9. The molecule has 0 aliphatic rings. The van der Waals surface area contributed by atoms with E-state index in [1.807, 2.05) is 50.2 Å². The second-order valence-corrected chi connectivity index (χ2v) is 5.20. The monoisotopic (exact) mass is 342 g/mol. The number of hydrogen-bond donors (Lipinski definition) is 2. The zero-order chi connectivity index (χ0) is 17.7. The van der Waals surface area contributed by atoms with Crippen LogP contribution in [0.5, 0.6) is 11.5 Å². The van der Waals surface area contributed by atoms with Crippen molar-refractivity contribution in [1.29, 1.82) is 0 Å². The van der Waals surface area contributed by atoms with Gasteiger partial charge in [0.25, 0.3) is 0 Å². The lowest BCUT2D eigenvalue weighted by Gasteiger charge is -2.13. The van der Waals surface area contributed by atoms with Gasteiger partial charge in [0, 0.05) is 18.3 Å². The quantitative estimate of drug-likeness (QED) is 0.416. The van der Waals surface area contributed by atoms with E-state index < -0.39 is 0 Å². The fourth-order valence-electron chi connectivity index (χ4n) is 2.21. The van der Waals surface area contributed by atoms with Crippen molar-refractivity contribution in [2.75, 3.05) is 26.3 Å². The third-order valence-corrected chi connectivity index (χ3v) is 3.32. The second kappa shape index (κ2) is 10.9. The van der Waals surface area contributed by atoms with Gasteiger partial charge in [-0.15, -0.1) is 0 Å². The highest BCUT2D eigenvalue weighted by Crippen LogP contribution is 2.18. The van der Waals surface area contributed by atoms with Gasteiger partial charge in [-0.3, -0.25) is 4.98 Å². The number of aliphatic imine (C=N–C) groups is 1. The molecule has 25 heavy (non-hydrogen) atoms. The van der Waals surface area contributed by atoms with Crippen LogP contribution in [0.25, 0.3) is 0 Å². The van der Waals surface area contributed by atoms with Crippen LogP contribution in [0.2, 0.25) is 0 Å². The third-order valence-electron chi connectivity index (χ3n) is 3.32. The molecule has 0 bridgehead atoms. The van der Waals surface area contributed by atoms with Crippen LogP contribution >= 0.6 is 0 Å². The minimum absolute atomic E-state index is 0.533. The number of benzene rings is 1. The number of ether oxygens (including phenoxy) is 2. The van der Waals surface area contributed by atoms with Gasteiger partial charge in [0.2, 0.25) is 0 Å². The summed E-state index contributed by atoms with van der Waals surface area (Å²) in [5, 5.41) is 6.50. The SMILES string of the molecule is CCNC(=NCc1ccccc1OCC)NCCOc1cccnc1. The second-order valence-electron chi connectivity index (χ2n) is 5.20. The highest BCUT2D eigenvalue weighted by Gasteiger charge is 2.03. The normalized spacial score (nSPS) is 11.0. The lowest BCUT2D eigenvalue weighted by Crippen LogP contribution is -2.39. The summed E-state index contributed by atoms with van der Waals surface area (Å²) in [6, 6.07) is 11.7. The molecule has 6 nitrogen and oxygen atoms in total. The Labute approximate surface area is 149 Å². The summed E-state index contributed by atoms with van der Waals surface area (Å²) in [4.78, 5) is 8.64. The van der Waals surface area contributed by atoms with E-state index in [0.717, 1.165) is 29.6 Å². The van der Waals surface area contributed by atoms with Crippen molar-refractivity contribution in [3.8, 4) is 11.5 Å². The Hall–Kier alpha value is -2.76. The molecule has 2 N–H and O–H groups in total. The number of aromatic nitrogens is 1. The van der Waals surface area contributed by atoms with Gasteiger partial charge in [-0.05, 0) is 32.0 Å². The Morgan fingerprint density at radius 2 is 1.96 bits per heavy atom. The minimum Gasteiger partial charge on any atom is -0.494 e. The maximum Gasteiger partial charge on any atom is 0.191 e. The van der Waals surface area contributed by atoms with Crippen LogP contribution in [-0.2, 0) is 6.54 Å². The Morgan fingerprint density at radius 3 is 2.72 bits per heavy atom. The molecular formula is C19H26N4O2. The largest absolute Gasteiger partial charge is 0.494 e. The number of hydrogen-bond acceptors (Lipinski definition) is 4. The molecular weight excluding hydrogens is 316 g/mol. The smallest absolute Gasteiger partial charge is 0.191 e. The first kappa shape index (κ1) is 18.6. The first-order valence-electron chi connectivity index (χ1n) is 8.59. The Morgan fingerprint density at radius 1 is 1.08 bits per heavy atom. The van der Waals surface area contributed by atoms with Gasteiger partial charge < -0.3 is 20.1 Å². The Bertz CT molecular complexity index is 647. The van der Waals surface area contributed by atoms with Gasteiger partial charge in [0.1, 0.15) is 18.1 Å². The Balaban J connectivity index is 1.85. The molecule has 0 aliphatic carbocycles. The van der Waals surface area contributed by atoms with Gasteiger partial charge in [0.15, 0.2) is 5.96 Å². The van der Waals surface area contributed by atoms with E-state index in [1.54, 1.807) is 12.4 Å². The molecule has 1 aromatic heterocycles. The zero-order valence-electron chi connectivity index (χ0n) is 14.9. The van der Waals surface area contributed by atoms with Gasteiger partial charge in [-0.1, -0.05) is 18.2 Å². The molecule has 134 valence electrons. The third kappa shape index (κ3) is 6.71. The number of guanidine groups is 1. The van der Waals surface area contributed by atoms with Crippen molar-refractivity contribution < 1.29 is 9.47 Å². The fraction of sp³-hybridized carbons (Fsp3) is 0.368. The van der Waals surface area contributed by atoms with Gasteiger partial charge in [-0.25, -0.2) is 4.99 Å². The van der Waals surface area contributed by atoms with Crippen molar-refractivity contribution in [1.82, 2.24) is 15.6 Å². The van der Waals surface area contributed by atoms with Crippen LogP contribution in [0.1, 0.15) is 19.4 Å². The first-order chi connectivity index (χ1) is 12.3. The van der Waals surface area contributed by atoms with E-state index in [-0.39, 0.29) is 0 Å². The van der Waals surface area contributed by atoms with E-state index in [2.05, 4.69) is 20.6 Å². The van der Waals surface area contributed by atoms with Gasteiger partial charge in [0.05, 0.1) is 25.9 Å². The van der Waals surface area contributed by atoms with E-state index in [4.69, 9.17) is 9.47 Å². The van der Waals surface area contributed by atoms with Crippen LogP contribution < -0.4 is 20.1 Å². The van der Waals surface area contributed by atoms with Gasteiger partial charge >= 0.3 is 0 Å². The molecule has 0 saturated carbocycles. The zero-order valence-corrected chi connectivity index (χ0v) is 14.9. The van der Waals surface area contributed by atoms with Crippen molar-refractivity contribution in [3.63, 3.8) is 0 Å². The number of pyridine rings is 1. The van der Waals surface area contributed by atoms with E-state index in [1.165, 1.54) is 0 Å². The summed E-state index contributed by atoms with van der Waals surface area (Å²) in [7, 11) is 0. The van der Waals surface area contributed by atoms with Crippen LogP contribution in [0.4, 0.5) is 0 Å². The van der Waals surface area contributed by atoms with E-state index >= 15 is 0 Å². The summed E-state index contributed by atoms with van der Waals surface area (Å²) >= 11 is 0. The maximum absolute atomic E-state index is 5.64. The van der Waals surface area contributed by atoms with Crippen molar-refractivity contribution >= 4 is 5.96 Å². The number of nitrogens with one attached hydrogen (secondary N) is 2. The standard InChI is InChI=1S/C19H26N4O2/c1-3-21-19(22-12-13-25-17-9-7-11-20-15-17)23-14-16-8-5-6-10-18(16)24-4-2/h5-11,15H,3-4,12-14H2,1-2H3,(H2,21,22,23). The maximum atomic E-state index is 5.64. The molecule has 1 aromatic carbocycles. The van der Waals surface area contributed by atoms with E-state index in [0.29, 0.717) is 26.3 Å². The summed E-state index contributed by atoms with van der Waals surface area (Å²) in [5.41, 5.74) is 1.06. The van der Waals surface area contributed by atoms with Crippen molar-refractivity contribution in [2.24, 2.45) is 4.99 Å². The molecule has 0 atom stereocenters. The highest BCUT2D eigenvalue weighted by molar-refractivity contribution is 5.79. The molecule has 0 aliphatic heterocycles. The predicted molar refractivity (Wildman–Crippen MR) is 100 cm³/mol. The molecule has 0 fully saturated rings. The van der Waals surface area contributed by atoms with Crippen molar-refractivity contribution in [3.05, 3.63) is 54.4 Å². The lowest BCUT2D eigenvalue weighted by atomic mass is 10.2. The summed E-state index contributed by atoms with van der Waals surface area (Å²) in [6.07, 6.45) is 3.42. The summed E-state index contributed by atoms with van der Waals surface area (Å²) < 4.78 is 11.3. The predicted octanol–water partition coefficient (Wildman–Crippen LogP) is 2.61. The van der Waals surface area contributed by atoms with Crippen molar-refractivity contribution in [2.45, 2.75) is 20.4 Å². The van der Waals surface area contributed by atoms with Crippen LogP contribution in [0.3, 0.4) is 0 Å². The lowest BCUT2D eigenvalue weighted by molar-refractivity contribution is 0.320. The molecule has 2 aromatic rings. The number of nitrogens with zero attached hydrogens (tertiary/aromatic N) is 2. The first-order valence-corrected chi connectivity index (χ1v) is 8.59. The van der Waals surface area contributed by atoms with Crippen LogP contribution in [0, 0.1) is 0 Å². The number of para-hydroxylation sites is 1. The molecule has 6 heteroatoms. The summed E-state index contributed by atoms with van der Waals surface area (Å²) in [6.45, 7) is 7.19. The Kier molecular flexibility index (Phi) is 8.11. The average Bonchev–Trinajstić information content (AvgIpc) is 2.65. The van der Waals surface area contributed by atoms with Crippen LogP contribution in [0.15, 0.2) is 53.8 Å². The molecule has 0 radical (unpaired) electrons. The fourth-order valence-corrected chi connectivity index (χ4v) is 2.21. The molecule has 0 saturated heterocycles. The van der Waals surface area contributed by atoms with Gasteiger partial charge in [-0.2, -0.15) is 0 Å². The molecule has 2 rings (SSSR count). The molecule has 0 spiro atoms. The van der Waals surface area contributed by atoms with E-state index in [9.17, 15) is 0 Å². The molecule has 1 heterocycles. The average molecular weight is 342 g/mol. The summed E-state index contributed by atoms with van der Waals surface area (Å²) in [5.74, 6) is 2.39. The molecule has 0 amide bonds. The topological polar surface area (TPSA) is 67.8 Å². The highest BCUT2D eigenvalue weighted by atomic mass is 16.5. The molecule has 0 unspecified atom stereocenters. The van der Waals surface area contributed by atoms with Crippen LogP contribution in [-0.4, -0.2) is 37.2 Å². The minimum atomic E-state index is 0.533.